The first-order valence-electron chi connectivity index (χ1n) is 6.64. The Kier molecular flexibility index (Phi) is 3.16. The number of anilines is 2. The van der Waals surface area contributed by atoms with Crippen molar-refractivity contribution in [2.45, 2.75) is 17.4 Å². The molecule has 0 saturated heterocycles. The number of aryl methyl sites for hydroxylation is 1. The first-order chi connectivity index (χ1) is 9.91. The van der Waals surface area contributed by atoms with Crippen molar-refractivity contribution in [3.8, 4) is 0 Å². The third-order valence-corrected chi connectivity index (χ3v) is 4.72. The Bertz CT molecular complexity index is 776. The van der Waals surface area contributed by atoms with Crippen molar-refractivity contribution in [1.82, 2.24) is 19.6 Å². The topological polar surface area (TPSA) is 93.8 Å². The van der Waals surface area contributed by atoms with E-state index in [1.54, 1.807) is 22.6 Å². The Morgan fingerprint density at radius 3 is 2.81 bits per heavy atom. The molecule has 2 aromatic rings. The van der Waals surface area contributed by atoms with E-state index in [9.17, 15) is 8.42 Å². The van der Waals surface area contributed by atoms with Gasteiger partial charge in [-0.1, -0.05) is 0 Å². The van der Waals surface area contributed by atoms with Crippen LogP contribution in [0.2, 0.25) is 0 Å². The van der Waals surface area contributed by atoms with Crippen LogP contribution in [0.1, 0.15) is 18.0 Å². The Morgan fingerprint density at radius 2 is 2.24 bits per heavy atom. The first-order valence-corrected chi connectivity index (χ1v) is 8.53. The summed E-state index contributed by atoms with van der Waals surface area (Å²) in [5, 5.41) is 14.6. The van der Waals surface area contributed by atoms with E-state index < -0.39 is 9.84 Å². The molecule has 3 rings (SSSR count). The lowest BCUT2D eigenvalue weighted by atomic mass is 10.1. The van der Waals surface area contributed by atoms with E-state index in [0.717, 1.165) is 12.0 Å². The van der Waals surface area contributed by atoms with E-state index in [4.69, 9.17) is 0 Å². The molecular formula is C12H18N6O2S. The van der Waals surface area contributed by atoms with Crippen LogP contribution < -0.4 is 10.6 Å². The molecule has 0 radical (unpaired) electrons. The van der Waals surface area contributed by atoms with Gasteiger partial charge in [-0.25, -0.2) is 13.1 Å². The predicted molar refractivity (Wildman–Crippen MR) is 79.3 cm³/mol. The molecule has 0 saturated carbocycles. The smallest absolute Gasteiger partial charge is 0.182 e. The number of aromatic nitrogens is 4. The third-order valence-electron chi connectivity index (χ3n) is 3.59. The second kappa shape index (κ2) is 4.76. The van der Waals surface area contributed by atoms with Gasteiger partial charge in [0.05, 0.1) is 12.2 Å². The molecule has 0 fully saturated rings. The molecule has 8 nitrogen and oxygen atoms in total. The fourth-order valence-electron chi connectivity index (χ4n) is 2.69. The van der Waals surface area contributed by atoms with Crippen LogP contribution in [-0.4, -0.2) is 47.8 Å². The number of hydrogen-bond acceptors (Lipinski definition) is 6. The molecule has 3 heterocycles. The minimum atomic E-state index is -3.37. The molecule has 0 bridgehead atoms. The average molecular weight is 310 g/mol. The highest BCUT2D eigenvalue weighted by Gasteiger charge is 2.32. The van der Waals surface area contributed by atoms with Gasteiger partial charge in [-0.3, -0.25) is 4.68 Å². The van der Waals surface area contributed by atoms with Crippen LogP contribution in [0.3, 0.4) is 0 Å². The predicted octanol–water partition coefficient (Wildman–Crippen LogP) is 0.467. The fourth-order valence-corrected chi connectivity index (χ4v) is 3.70. The van der Waals surface area contributed by atoms with Gasteiger partial charge in [0.1, 0.15) is 5.82 Å². The summed E-state index contributed by atoms with van der Waals surface area (Å²) in [6.07, 6.45) is 5.75. The van der Waals surface area contributed by atoms with E-state index in [1.807, 2.05) is 13.2 Å². The maximum absolute atomic E-state index is 12.0. The van der Waals surface area contributed by atoms with Crippen LogP contribution in [-0.2, 0) is 16.9 Å². The SMILES string of the molecule is CNc1nn2c(c1S(C)(=O)=O)NCCC2c1cnn(C)c1. The van der Waals surface area contributed by atoms with Crippen molar-refractivity contribution in [2.24, 2.45) is 7.05 Å². The van der Waals surface area contributed by atoms with Crippen LogP contribution in [0, 0.1) is 0 Å². The lowest BCUT2D eigenvalue weighted by Crippen LogP contribution is -2.25. The quantitative estimate of drug-likeness (QED) is 0.856. The zero-order valence-corrected chi connectivity index (χ0v) is 13.0. The van der Waals surface area contributed by atoms with E-state index in [1.165, 1.54) is 6.26 Å². The van der Waals surface area contributed by atoms with Gasteiger partial charge >= 0.3 is 0 Å². The molecular weight excluding hydrogens is 292 g/mol. The van der Waals surface area contributed by atoms with Crippen molar-refractivity contribution in [2.75, 3.05) is 30.5 Å². The van der Waals surface area contributed by atoms with Crippen molar-refractivity contribution in [3.63, 3.8) is 0 Å². The van der Waals surface area contributed by atoms with Gasteiger partial charge in [0.2, 0.25) is 0 Å². The Hall–Kier alpha value is -2.03. The molecule has 1 unspecified atom stereocenters. The zero-order valence-electron chi connectivity index (χ0n) is 12.2. The molecule has 1 aliphatic rings. The van der Waals surface area contributed by atoms with Crippen molar-refractivity contribution < 1.29 is 8.42 Å². The minimum absolute atomic E-state index is 0.0162. The summed E-state index contributed by atoms with van der Waals surface area (Å²) in [5.74, 6) is 0.915. The fraction of sp³-hybridized carbons (Fsp3) is 0.500. The van der Waals surface area contributed by atoms with Gasteiger partial charge in [0.15, 0.2) is 20.6 Å². The summed E-state index contributed by atoms with van der Waals surface area (Å²) in [4.78, 5) is 0.221. The van der Waals surface area contributed by atoms with Gasteiger partial charge < -0.3 is 10.6 Å². The highest BCUT2D eigenvalue weighted by atomic mass is 32.2. The van der Waals surface area contributed by atoms with E-state index in [-0.39, 0.29) is 10.9 Å². The summed E-state index contributed by atoms with van der Waals surface area (Å²) >= 11 is 0. The van der Waals surface area contributed by atoms with Crippen molar-refractivity contribution >= 4 is 21.5 Å². The molecule has 0 aliphatic carbocycles. The Morgan fingerprint density at radius 1 is 1.48 bits per heavy atom. The molecule has 0 amide bonds. The first kappa shape index (κ1) is 13.9. The highest BCUT2D eigenvalue weighted by molar-refractivity contribution is 7.91. The van der Waals surface area contributed by atoms with Crippen LogP contribution in [0.25, 0.3) is 0 Å². The summed E-state index contributed by atoms with van der Waals surface area (Å²) in [6.45, 7) is 0.691. The number of sulfone groups is 1. The largest absolute Gasteiger partial charge is 0.371 e. The van der Waals surface area contributed by atoms with Gasteiger partial charge in [0.25, 0.3) is 0 Å². The number of nitrogens with zero attached hydrogens (tertiary/aromatic N) is 4. The Balaban J connectivity index is 2.17. The lowest BCUT2D eigenvalue weighted by molar-refractivity contribution is 0.481. The molecule has 21 heavy (non-hydrogen) atoms. The third kappa shape index (κ3) is 2.27. The maximum atomic E-state index is 12.0. The normalized spacial score (nSPS) is 18.1. The molecule has 9 heteroatoms. The van der Waals surface area contributed by atoms with Crippen LogP contribution in [0.5, 0.6) is 0 Å². The number of rotatable bonds is 3. The zero-order chi connectivity index (χ0) is 15.2. The number of nitrogens with one attached hydrogen (secondary N) is 2. The standard InChI is InChI=1S/C12H18N6O2S/c1-13-11-10(21(3,19)20)12-14-5-4-9(18(12)16-11)8-6-15-17(2)7-8/h6-7,9,14H,4-5H2,1-3H3,(H,13,16). The summed E-state index contributed by atoms with van der Waals surface area (Å²) in [7, 11) is 0.152. The van der Waals surface area contributed by atoms with E-state index in [0.29, 0.717) is 18.2 Å². The summed E-state index contributed by atoms with van der Waals surface area (Å²) in [6, 6.07) is -0.0162. The molecule has 1 aliphatic heterocycles. The maximum Gasteiger partial charge on any atom is 0.182 e. The molecule has 0 spiro atoms. The average Bonchev–Trinajstić information content (AvgIpc) is 3.00. The second-order valence-corrected chi connectivity index (χ2v) is 7.12. The second-order valence-electron chi connectivity index (χ2n) is 5.17. The minimum Gasteiger partial charge on any atom is -0.371 e. The van der Waals surface area contributed by atoms with Crippen molar-refractivity contribution in [1.29, 1.82) is 0 Å². The van der Waals surface area contributed by atoms with Gasteiger partial charge in [-0.15, -0.1) is 0 Å². The van der Waals surface area contributed by atoms with Crippen LogP contribution in [0.4, 0.5) is 11.6 Å². The van der Waals surface area contributed by atoms with E-state index in [2.05, 4.69) is 20.8 Å². The summed E-state index contributed by atoms with van der Waals surface area (Å²) in [5.41, 5.74) is 1.02. The molecule has 2 N–H and O–H groups in total. The summed E-state index contributed by atoms with van der Waals surface area (Å²) < 4.78 is 27.6. The monoisotopic (exact) mass is 310 g/mol. The van der Waals surface area contributed by atoms with E-state index >= 15 is 0 Å². The molecule has 2 aromatic heterocycles. The van der Waals surface area contributed by atoms with Crippen molar-refractivity contribution in [3.05, 3.63) is 18.0 Å². The molecule has 114 valence electrons. The van der Waals surface area contributed by atoms with Gasteiger partial charge in [-0.2, -0.15) is 10.2 Å². The molecule has 0 aromatic carbocycles. The highest BCUT2D eigenvalue weighted by Crippen LogP contribution is 2.37. The number of hydrogen-bond donors (Lipinski definition) is 2. The Labute approximate surface area is 123 Å². The lowest BCUT2D eigenvalue weighted by Gasteiger charge is -2.25. The molecule has 1 atom stereocenters. The van der Waals surface area contributed by atoms with Gasteiger partial charge in [-0.05, 0) is 6.42 Å². The number of fused-ring (bicyclic) bond motifs is 1. The van der Waals surface area contributed by atoms with Crippen LogP contribution in [0.15, 0.2) is 17.3 Å². The van der Waals surface area contributed by atoms with Crippen LogP contribution >= 0.6 is 0 Å². The van der Waals surface area contributed by atoms with Gasteiger partial charge in [0, 0.05) is 38.7 Å².